The van der Waals surface area contributed by atoms with E-state index >= 15 is 0 Å². The zero-order valence-electron chi connectivity index (χ0n) is 51.9. The third-order valence-electron chi connectivity index (χ3n) is 15.5. The molecular weight excluding hydrogens is 976 g/mol. The van der Waals surface area contributed by atoms with E-state index in [0.717, 1.165) is 100 Å². The zero-order chi connectivity index (χ0) is 55.4. The molecular formula is C74H122N2Ni. The van der Waals surface area contributed by atoms with Crippen LogP contribution in [0.3, 0.4) is 0 Å². The molecule has 2 atom stereocenters. The van der Waals surface area contributed by atoms with Crippen LogP contribution in [0, 0.1) is 49.4 Å². The van der Waals surface area contributed by atoms with Gasteiger partial charge in [0.15, 0.2) is 0 Å². The Hall–Kier alpha value is -2.87. The molecule has 2 nitrogen and oxygen atoms in total. The minimum atomic E-state index is 0. The van der Waals surface area contributed by atoms with Gasteiger partial charge in [-0.2, -0.15) is 12.8 Å². The standard InChI is InChI=1S/C58H88N2.2C8H17.Ni/c1-6-11-16-18-20-22-24-26-28-30-38-50(36-13-8-3)45-47-52-41-32-34-43-55(52)57-49-54(40-15-10-5)58(60(57)59)56-44-35-33-42-53(56)48-46-51(37-14-9-4)39-31-29-27-25-23-21-19-17-12-7-2;2*1-3-5-7-8-6-4-2;/h32-35,41-44,49-51H,6-27,36-40,45-48H2,1-5H3;2*1,3-8H2,2H3;/q;2*-1;+2. The quantitative estimate of drug-likeness (QED) is 0.0208. The summed E-state index contributed by atoms with van der Waals surface area (Å²) in [6.45, 7) is 23.5. The molecule has 0 spiro atoms. The van der Waals surface area contributed by atoms with Gasteiger partial charge in [-0.25, -0.2) is 4.70 Å². The molecule has 0 amide bonds. The number of rotatable bonds is 43. The van der Waals surface area contributed by atoms with Gasteiger partial charge in [0.05, 0.1) is 0 Å². The van der Waals surface area contributed by atoms with Crippen LogP contribution in [0.25, 0.3) is 16.9 Å². The van der Waals surface area contributed by atoms with Crippen molar-refractivity contribution in [3.8, 4) is 23.7 Å². The minimum Gasteiger partial charge on any atom is -0.493 e. The number of unbranched alkanes of at least 4 members (excludes halogenated alkanes) is 27. The Morgan fingerprint density at radius 1 is 0.403 bits per heavy atom. The van der Waals surface area contributed by atoms with Crippen LogP contribution in [0.1, 0.15) is 334 Å². The van der Waals surface area contributed by atoms with Gasteiger partial charge in [0.25, 0.3) is 0 Å². The van der Waals surface area contributed by atoms with Gasteiger partial charge in [0, 0.05) is 48.5 Å². The first-order valence-corrected chi connectivity index (χ1v) is 33.0. The summed E-state index contributed by atoms with van der Waals surface area (Å²) in [6.07, 6.45) is 56.1. The number of nitrogens with zero attached hydrogens (tertiary/aromatic N) is 2. The largest absolute Gasteiger partial charge is 2.00 e. The molecule has 1 aliphatic rings. The first-order chi connectivity index (χ1) is 37.4. The van der Waals surface area contributed by atoms with Crippen molar-refractivity contribution in [2.75, 3.05) is 0 Å². The van der Waals surface area contributed by atoms with Gasteiger partial charge in [-0.1, -0.05) is 258 Å². The third-order valence-corrected chi connectivity index (χ3v) is 15.5. The van der Waals surface area contributed by atoms with Crippen LogP contribution in [0.15, 0.2) is 60.2 Å². The Morgan fingerprint density at radius 3 is 1.18 bits per heavy atom. The molecule has 2 aromatic carbocycles. The minimum absolute atomic E-state index is 0. The Labute approximate surface area is 491 Å². The summed E-state index contributed by atoms with van der Waals surface area (Å²) in [7, 11) is 0. The number of hydrogen-bond donors (Lipinski definition) is 0. The monoisotopic (exact) mass is 1100 g/mol. The van der Waals surface area contributed by atoms with Crippen LogP contribution >= 0.6 is 0 Å². The summed E-state index contributed by atoms with van der Waals surface area (Å²) < 4.78 is 1.55. The van der Waals surface area contributed by atoms with Gasteiger partial charge >= 0.3 is 16.5 Å². The van der Waals surface area contributed by atoms with Gasteiger partial charge in [0.1, 0.15) is 0 Å². The summed E-state index contributed by atoms with van der Waals surface area (Å²) in [6, 6.07) is 17.7. The molecule has 0 radical (unpaired) electrons. The van der Waals surface area contributed by atoms with Crippen LogP contribution in [0.4, 0.5) is 0 Å². The molecule has 3 heteroatoms. The number of hydrogen-bond acceptors (Lipinski definition) is 0. The van der Waals surface area contributed by atoms with Crippen molar-refractivity contribution in [1.29, 1.82) is 0 Å². The summed E-state index contributed by atoms with van der Waals surface area (Å²) in [4.78, 5) is 0. The molecule has 1 heterocycles. The SMILES string of the molecule is CCCCCCCCCC#CCC(CCCC)CCc1ccccc1C1=CC(CCCC)=C(c2ccccc2CCC(CC#CCCCCCCCCC)CCCC)[N+]1=[N-].[CH2-]CCCCCCC.[CH2-]CCCCCCC.[Ni+2]. The van der Waals surface area contributed by atoms with E-state index in [1.807, 2.05) is 0 Å². The molecule has 0 aliphatic carbocycles. The molecule has 0 aromatic heterocycles. The summed E-state index contributed by atoms with van der Waals surface area (Å²) >= 11 is 0. The van der Waals surface area contributed by atoms with E-state index in [1.54, 1.807) is 4.70 Å². The number of allylic oxidation sites excluding steroid dienone is 2. The number of benzene rings is 2. The van der Waals surface area contributed by atoms with Crippen molar-refractivity contribution in [2.24, 2.45) is 11.8 Å². The van der Waals surface area contributed by atoms with Gasteiger partial charge < -0.3 is 19.4 Å². The van der Waals surface area contributed by atoms with E-state index < -0.39 is 0 Å². The van der Waals surface area contributed by atoms with Crippen LogP contribution in [-0.4, -0.2) is 4.70 Å². The van der Waals surface area contributed by atoms with Gasteiger partial charge in [0.2, 0.25) is 11.4 Å². The molecule has 0 saturated carbocycles. The second-order valence-corrected chi connectivity index (χ2v) is 22.6. The van der Waals surface area contributed by atoms with Crippen molar-refractivity contribution < 1.29 is 21.2 Å². The predicted octanol–water partition coefficient (Wildman–Crippen LogP) is 24.6. The molecule has 438 valence electrons. The Bertz CT molecular complexity index is 1840. The van der Waals surface area contributed by atoms with Gasteiger partial charge in [-0.15, -0.1) is 23.7 Å². The van der Waals surface area contributed by atoms with Gasteiger partial charge in [-0.05, 0) is 99.3 Å². The van der Waals surface area contributed by atoms with E-state index in [9.17, 15) is 5.53 Å². The normalized spacial score (nSPS) is 12.5. The van der Waals surface area contributed by atoms with E-state index in [2.05, 4.69) is 141 Å². The maximum absolute atomic E-state index is 12.2. The fraction of sp³-hybridized carbons (Fsp3) is 0.703. The van der Waals surface area contributed by atoms with Crippen molar-refractivity contribution in [3.63, 3.8) is 0 Å². The van der Waals surface area contributed by atoms with E-state index in [1.165, 1.54) is 215 Å². The maximum atomic E-state index is 12.2. The fourth-order valence-electron chi connectivity index (χ4n) is 10.5. The van der Waals surface area contributed by atoms with Crippen molar-refractivity contribution in [2.45, 2.75) is 325 Å². The van der Waals surface area contributed by atoms with Gasteiger partial charge in [-0.3, -0.25) is 0 Å². The average Bonchev–Trinajstić information content (AvgIpc) is 3.77. The Kier molecular flexibility index (Phi) is 53.0. The Morgan fingerprint density at radius 2 is 0.766 bits per heavy atom. The number of aryl methyl sites for hydroxylation is 2. The second kappa shape index (κ2) is 55.1. The summed E-state index contributed by atoms with van der Waals surface area (Å²) in [5, 5.41) is 0. The first kappa shape index (κ1) is 74.1. The molecule has 0 bridgehead atoms. The van der Waals surface area contributed by atoms with Crippen LogP contribution in [0.5, 0.6) is 0 Å². The van der Waals surface area contributed by atoms with E-state index in [4.69, 9.17) is 0 Å². The van der Waals surface area contributed by atoms with E-state index in [-0.39, 0.29) is 16.5 Å². The van der Waals surface area contributed by atoms with Crippen LogP contribution in [0.2, 0.25) is 0 Å². The molecule has 3 rings (SSSR count). The smallest absolute Gasteiger partial charge is 0.493 e. The summed E-state index contributed by atoms with van der Waals surface area (Å²) in [5.41, 5.74) is 20.4. The molecule has 0 saturated heterocycles. The average molecular weight is 1100 g/mol. The second-order valence-electron chi connectivity index (χ2n) is 22.6. The van der Waals surface area contributed by atoms with Crippen LogP contribution in [-0.2, 0) is 29.3 Å². The third kappa shape index (κ3) is 37.7. The Balaban J connectivity index is 0.00000293. The molecule has 2 unspecified atom stereocenters. The molecule has 77 heavy (non-hydrogen) atoms. The first-order valence-electron chi connectivity index (χ1n) is 33.0. The fourth-order valence-corrected chi connectivity index (χ4v) is 10.5. The maximum Gasteiger partial charge on any atom is 2.00 e. The van der Waals surface area contributed by atoms with Crippen molar-refractivity contribution >= 4 is 11.4 Å². The molecule has 0 N–H and O–H groups in total. The summed E-state index contributed by atoms with van der Waals surface area (Å²) in [5.74, 6) is 15.5. The zero-order valence-corrected chi connectivity index (χ0v) is 52.9. The molecule has 1 aliphatic heterocycles. The van der Waals surface area contributed by atoms with Crippen LogP contribution < -0.4 is 0 Å². The molecule has 2 aromatic rings. The predicted molar refractivity (Wildman–Crippen MR) is 341 cm³/mol. The van der Waals surface area contributed by atoms with Crippen molar-refractivity contribution in [3.05, 3.63) is 102 Å². The van der Waals surface area contributed by atoms with E-state index in [0.29, 0.717) is 11.8 Å². The van der Waals surface area contributed by atoms with Crippen molar-refractivity contribution in [1.82, 2.24) is 0 Å². The topological polar surface area (TPSA) is 25.3 Å². The molecule has 0 fully saturated rings.